The van der Waals surface area contributed by atoms with Crippen molar-refractivity contribution in [1.82, 2.24) is 5.32 Å². The zero-order valence-electron chi connectivity index (χ0n) is 14.4. The first-order valence-corrected chi connectivity index (χ1v) is 8.30. The van der Waals surface area contributed by atoms with E-state index in [1.54, 1.807) is 0 Å². The van der Waals surface area contributed by atoms with E-state index in [0.717, 1.165) is 42.7 Å². The molecular weight excluding hydrogens is 292 g/mol. The molecule has 1 aromatic rings. The van der Waals surface area contributed by atoms with Gasteiger partial charge in [-0.05, 0) is 43.9 Å². The number of benzene rings is 1. The quantitative estimate of drug-likeness (QED) is 0.649. The van der Waals surface area contributed by atoms with Gasteiger partial charge in [-0.15, -0.1) is 0 Å². The van der Waals surface area contributed by atoms with Crippen LogP contribution in [-0.4, -0.2) is 25.0 Å². The Morgan fingerprint density at radius 1 is 1.17 bits per heavy atom. The van der Waals surface area contributed by atoms with E-state index in [9.17, 15) is 9.59 Å². The Morgan fingerprint density at radius 3 is 2.65 bits per heavy atom. The number of hydrogen-bond acceptors (Lipinski definition) is 3. The number of rotatable bonds is 10. The number of hydrogen-bond donors (Lipinski definition) is 2. The highest BCUT2D eigenvalue weighted by Crippen LogP contribution is 2.26. The zero-order valence-corrected chi connectivity index (χ0v) is 14.4. The third-order valence-corrected chi connectivity index (χ3v) is 3.33. The highest BCUT2D eigenvalue weighted by molar-refractivity contribution is 5.92. The molecule has 0 saturated heterocycles. The number of anilines is 1. The third-order valence-electron chi connectivity index (χ3n) is 3.33. The van der Waals surface area contributed by atoms with Gasteiger partial charge in [-0.2, -0.15) is 0 Å². The summed E-state index contributed by atoms with van der Waals surface area (Å²) in [6.07, 6.45) is 4.02. The molecule has 0 aromatic heterocycles. The van der Waals surface area contributed by atoms with E-state index in [0.29, 0.717) is 19.6 Å². The molecule has 1 rings (SSSR count). The number of carbonyl (C=O) groups is 2. The Balaban J connectivity index is 2.37. The number of ether oxygens (including phenoxy) is 1. The SMILES string of the molecule is CCCOc1cc(C)ccc1NC(=O)CCCCCNC(C)=O. The summed E-state index contributed by atoms with van der Waals surface area (Å²) >= 11 is 0. The van der Waals surface area contributed by atoms with Gasteiger partial charge in [0.1, 0.15) is 5.75 Å². The van der Waals surface area contributed by atoms with Crippen molar-refractivity contribution >= 4 is 17.5 Å². The summed E-state index contributed by atoms with van der Waals surface area (Å²) in [4.78, 5) is 22.8. The predicted molar refractivity (Wildman–Crippen MR) is 92.7 cm³/mol. The number of nitrogens with one attached hydrogen (secondary N) is 2. The molecular formula is C18H28N2O3. The Hall–Kier alpha value is -2.04. The minimum absolute atomic E-state index is 0.00488. The molecule has 5 nitrogen and oxygen atoms in total. The fraction of sp³-hybridized carbons (Fsp3) is 0.556. The van der Waals surface area contributed by atoms with Crippen LogP contribution in [0.4, 0.5) is 5.69 Å². The first-order valence-electron chi connectivity index (χ1n) is 8.30. The normalized spacial score (nSPS) is 10.2. The number of aryl methyl sites for hydroxylation is 1. The highest BCUT2D eigenvalue weighted by Gasteiger charge is 2.08. The van der Waals surface area contributed by atoms with E-state index < -0.39 is 0 Å². The van der Waals surface area contributed by atoms with E-state index in [2.05, 4.69) is 17.6 Å². The Labute approximate surface area is 138 Å². The van der Waals surface area contributed by atoms with Crippen molar-refractivity contribution in [1.29, 1.82) is 0 Å². The average molecular weight is 320 g/mol. The Morgan fingerprint density at radius 2 is 1.96 bits per heavy atom. The van der Waals surface area contributed by atoms with Gasteiger partial charge in [0.15, 0.2) is 0 Å². The van der Waals surface area contributed by atoms with Crippen LogP contribution < -0.4 is 15.4 Å². The average Bonchev–Trinajstić information content (AvgIpc) is 2.50. The molecule has 23 heavy (non-hydrogen) atoms. The minimum atomic E-state index is -0.0123. The van der Waals surface area contributed by atoms with Crippen molar-refractivity contribution in [3.63, 3.8) is 0 Å². The molecule has 0 heterocycles. The summed E-state index contributed by atoms with van der Waals surface area (Å²) < 4.78 is 5.69. The Kier molecular flexibility index (Phi) is 8.80. The van der Waals surface area contributed by atoms with Crippen LogP contribution in [0.3, 0.4) is 0 Å². The van der Waals surface area contributed by atoms with Gasteiger partial charge in [-0.1, -0.05) is 19.4 Å². The molecule has 2 N–H and O–H groups in total. The van der Waals surface area contributed by atoms with Gasteiger partial charge in [0.05, 0.1) is 12.3 Å². The molecule has 0 radical (unpaired) electrons. The Bertz CT molecular complexity index is 515. The largest absolute Gasteiger partial charge is 0.491 e. The van der Waals surface area contributed by atoms with Gasteiger partial charge in [0, 0.05) is 19.9 Å². The van der Waals surface area contributed by atoms with Crippen LogP contribution in [0.1, 0.15) is 51.5 Å². The van der Waals surface area contributed by atoms with Gasteiger partial charge < -0.3 is 15.4 Å². The summed E-state index contributed by atoms with van der Waals surface area (Å²) in [6.45, 7) is 6.86. The van der Waals surface area contributed by atoms with Crippen LogP contribution in [-0.2, 0) is 9.59 Å². The minimum Gasteiger partial charge on any atom is -0.491 e. The van der Waals surface area contributed by atoms with Gasteiger partial charge >= 0.3 is 0 Å². The lowest BCUT2D eigenvalue weighted by Gasteiger charge is -2.13. The number of unbranched alkanes of at least 4 members (excludes halogenated alkanes) is 2. The predicted octanol–water partition coefficient (Wildman–Crippen LogP) is 3.42. The lowest BCUT2D eigenvalue weighted by atomic mass is 10.1. The molecule has 0 fully saturated rings. The van der Waals surface area contributed by atoms with Crippen LogP contribution in [0.25, 0.3) is 0 Å². The number of amides is 2. The first kappa shape index (κ1) is 19.0. The summed E-state index contributed by atoms with van der Waals surface area (Å²) in [7, 11) is 0. The van der Waals surface area contributed by atoms with Crippen LogP contribution in [0.2, 0.25) is 0 Å². The summed E-state index contributed by atoms with van der Waals surface area (Å²) in [5, 5.41) is 5.67. The summed E-state index contributed by atoms with van der Waals surface area (Å²) in [5.74, 6) is 0.710. The maximum atomic E-state index is 12.0. The van der Waals surface area contributed by atoms with Crippen molar-refractivity contribution in [2.45, 2.75) is 52.9 Å². The highest BCUT2D eigenvalue weighted by atomic mass is 16.5. The van der Waals surface area contributed by atoms with Gasteiger partial charge in [0.25, 0.3) is 0 Å². The van der Waals surface area contributed by atoms with E-state index >= 15 is 0 Å². The second kappa shape index (κ2) is 10.6. The van der Waals surface area contributed by atoms with Gasteiger partial charge in [-0.25, -0.2) is 0 Å². The maximum Gasteiger partial charge on any atom is 0.224 e. The van der Waals surface area contributed by atoms with Gasteiger partial charge in [0.2, 0.25) is 11.8 Å². The second-order valence-corrected chi connectivity index (χ2v) is 5.69. The monoisotopic (exact) mass is 320 g/mol. The van der Waals surface area contributed by atoms with Crippen LogP contribution in [0.5, 0.6) is 5.75 Å². The fourth-order valence-electron chi connectivity index (χ4n) is 2.13. The molecule has 0 unspecified atom stereocenters. The molecule has 5 heteroatoms. The molecule has 0 atom stereocenters. The van der Waals surface area contributed by atoms with Crippen molar-refractivity contribution in [3.8, 4) is 5.75 Å². The topological polar surface area (TPSA) is 67.4 Å². The number of carbonyl (C=O) groups excluding carboxylic acids is 2. The lowest BCUT2D eigenvalue weighted by Crippen LogP contribution is -2.20. The summed E-state index contributed by atoms with van der Waals surface area (Å²) in [5.41, 5.74) is 1.83. The molecule has 0 aliphatic rings. The second-order valence-electron chi connectivity index (χ2n) is 5.69. The standard InChI is InChI=1S/C18H28N2O3/c1-4-12-23-17-13-14(2)9-10-16(17)20-18(22)8-6-5-7-11-19-15(3)21/h9-10,13H,4-8,11-12H2,1-3H3,(H,19,21)(H,20,22). The van der Waals surface area contributed by atoms with Crippen LogP contribution >= 0.6 is 0 Å². The van der Waals surface area contributed by atoms with E-state index in [4.69, 9.17) is 4.74 Å². The molecule has 0 aliphatic carbocycles. The first-order chi connectivity index (χ1) is 11.0. The lowest BCUT2D eigenvalue weighted by molar-refractivity contribution is -0.119. The van der Waals surface area contributed by atoms with Crippen molar-refractivity contribution in [3.05, 3.63) is 23.8 Å². The zero-order chi connectivity index (χ0) is 17.1. The van der Waals surface area contributed by atoms with E-state index in [1.807, 2.05) is 25.1 Å². The van der Waals surface area contributed by atoms with Crippen LogP contribution in [0.15, 0.2) is 18.2 Å². The maximum absolute atomic E-state index is 12.0. The summed E-state index contributed by atoms with van der Waals surface area (Å²) in [6, 6.07) is 5.79. The van der Waals surface area contributed by atoms with Crippen molar-refractivity contribution < 1.29 is 14.3 Å². The smallest absolute Gasteiger partial charge is 0.224 e. The van der Waals surface area contributed by atoms with Gasteiger partial charge in [-0.3, -0.25) is 9.59 Å². The van der Waals surface area contributed by atoms with Crippen LogP contribution in [0, 0.1) is 6.92 Å². The molecule has 2 amide bonds. The molecule has 0 aliphatic heterocycles. The van der Waals surface area contributed by atoms with E-state index in [-0.39, 0.29) is 11.8 Å². The fourth-order valence-corrected chi connectivity index (χ4v) is 2.13. The van der Waals surface area contributed by atoms with Crippen molar-refractivity contribution in [2.24, 2.45) is 0 Å². The third kappa shape index (κ3) is 8.24. The molecule has 0 bridgehead atoms. The molecule has 1 aromatic carbocycles. The molecule has 0 saturated carbocycles. The van der Waals surface area contributed by atoms with Crippen molar-refractivity contribution in [2.75, 3.05) is 18.5 Å². The molecule has 0 spiro atoms. The molecule has 128 valence electrons. The van der Waals surface area contributed by atoms with E-state index in [1.165, 1.54) is 6.92 Å².